The van der Waals surface area contributed by atoms with Crippen LogP contribution in [0.1, 0.15) is 51.4 Å². The van der Waals surface area contributed by atoms with Crippen molar-refractivity contribution in [1.82, 2.24) is 9.99 Å². The summed E-state index contributed by atoms with van der Waals surface area (Å²) in [5.74, 6) is -12.0. The third-order valence-electron chi connectivity index (χ3n) is 12.5. The van der Waals surface area contributed by atoms with E-state index in [1.165, 1.54) is 48.5 Å². The molecule has 2 N–H and O–H groups in total. The minimum atomic E-state index is -5.21. The van der Waals surface area contributed by atoms with Gasteiger partial charge < -0.3 is 9.84 Å². The molecule has 19 heteroatoms. The number of aromatic hydroxyl groups is 1. The average Bonchev–Trinajstić information content (AvgIpc) is 3.65. The second kappa shape index (κ2) is 15.8. The lowest BCUT2D eigenvalue weighted by Crippen LogP contribution is -2.53. The van der Waals surface area contributed by atoms with Gasteiger partial charge >= 0.3 is 12.5 Å². The zero-order valence-corrected chi connectivity index (χ0v) is 34.5. The van der Waals surface area contributed by atoms with Crippen molar-refractivity contribution >= 4 is 64.1 Å². The first-order valence-electron chi connectivity index (χ1n) is 19.8. The number of imide groups is 2. The number of allylic oxidation sites excluding steroid dienone is 2. The molecular formula is C46H30Cl2F6N4O7. The van der Waals surface area contributed by atoms with Crippen molar-refractivity contribution in [2.75, 3.05) is 10.3 Å². The van der Waals surface area contributed by atoms with Crippen molar-refractivity contribution in [2.45, 2.75) is 36.7 Å². The van der Waals surface area contributed by atoms with E-state index in [0.29, 0.717) is 22.8 Å². The standard InChI is InChI=1S/C46H30Cl2F6N4O7/c47-26-10-8-24(9-11-26)44-33(41(62)58(43(44)64)56-39-34(48)18-25(21-55-39)45(49,50)51)20-31-29(37(44)32-19-28(14-17-35(32)59)65-46(52,53)54)15-16-30-36(31)42(63)57(40(30)61)27-12-6-23(7-13-27)38(60)22-4-2-1-3-5-22/h1-15,17-19,21,30-31,33,36-37,59H,16,20H2,(H,55,56)/t30-,31+,33-,36-,37+,44+/m0/s1. The molecule has 0 radical (unpaired) electrons. The lowest BCUT2D eigenvalue weighted by atomic mass is 9.49. The van der Waals surface area contributed by atoms with Gasteiger partial charge in [0.15, 0.2) is 11.6 Å². The molecule has 11 nitrogen and oxygen atoms in total. The summed E-state index contributed by atoms with van der Waals surface area (Å²) >= 11 is 12.5. The summed E-state index contributed by atoms with van der Waals surface area (Å²) in [7, 11) is 0. The van der Waals surface area contributed by atoms with Gasteiger partial charge in [-0.2, -0.15) is 18.2 Å². The van der Waals surface area contributed by atoms with Crippen LogP contribution >= 0.6 is 23.2 Å². The number of anilines is 2. The number of halogens is 8. The van der Waals surface area contributed by atoms with Gasteiger partial charge in [0, 0.05) is 33.8 Å². The fourth-order valence-corrected chi connectivity index (χ4v) is 10.2. The second-order valence-electron chi connectivity index (χ2n) is 15.9. The van der Waals surface area contributed by atoms with E-state index in [2.05, 4.69) is 15.1 Å². The van der Waals surface area contributed by atoms with Crippen LogP contribution in [-0.2, 0) is 30.8 Å². The van der Waals surface area contributed by atoms with Crippen molar-refractivity contribution in [2.24, 2.45) is 23.7 Å². The highest BCUT2D eigenvalue weighted by atomic mass is 35.5. The van der Waals surface area contributed by atoms with Crippen LogP contribution in [0.5, 0.6) is 11.5 Å². The fourth-order valence-electron chi connectivity index (χ4n) is 9.86. The van der Waals surface area contributed by atoms with Gasteiger partial charge in [0.2, 0.25) is 11.8 Å². The maximum Gasteiger partial charge on any atom is 0.573 e. The summed E-state index contributed by atoms with van der Waals surface area (Å²) in [5, 5.41) is 11.7. The zero-order valence-electron chi connectivity index (χ0n) is 33.0. The number of pyridine rings is 1. The van der Waals surface area contributed by atoms with Crippen LogP contribution in [0.2, 0.25) is 10.0 Å². The Balaban J connectivity index is 1.18. The summed E-state index contributed by atoms with van der Waals surface area (Å²) in [4.78, 5) is 77.3. The molecule has 4 aliphatic rings. The molecular weight excluding hydrogens is 905 g/mol. The molecule has 0 spiro atoms. The van der Waals surface area contributed by atoms with Gasteiger partial charge in [-0.1, -0.05) is 77.3 Å². The third-order valence-corrected chi connectivity index (χ3v) is 13.1. The van der Waals surface area contributed by atoms with Crippen LogP contribution in [0, 0.1) is 23.7 Å². The molecule has 3 fully saturated rings. The Morgan fingerprint density at radius 1 is 0.815 bits per heavy atom. The van der Waals surface area contributed by atoms with Crippen molar-refractivity contribution in [3.05, 3.63) is 159 Å². The zero-order chi connectivity index (χ0) is 46.3. The Labute approximate surface area is 374 Å². The predicted molar refractivity (Wildman–Crippen MR) is 220 cm³/mol. The Morgan fingerprint density at radius 2 is 1.49 bits per heavy atom. The number of hydrazine groups is 1. The summed E-state index contributed by atoms with van der Waals surface area (Å²) in [6.07, 6.45) is -8.49. The minimum absolute atomic E-state index is 0.0923. The number of aromatic nitrogens is 1. The number of amides is 4. The number of benzene rings is 4. The Bertz CT molecular complexity index is 2840. The maximum absolute atomic E-state index is 15.4. The topological polar surface area (TPSA) is 146 Å². The molecule has 0 bridgehead atoms. The van der Waals surface area contributed by atoms with E-state index in [-0.39, 0.29) is 51.6 Å². The van der Waals surface area contributed by atoms with Crippen LogP contribution in [0.15, 0.2) is 121 Å². The Hall–Kier alpha value is -6.72. The lowest BCUT2D eigenvalue weighted by molar-refractivity contribution is -0.274. The van der Waals surface area contributed by atoms with Crippen LogP contribution in [0.25, 0.3) is 0 Å². The Morgan fingerprint density at radius 3 is 2.14 bits per heavy atom. The van der Waals surface area contributed by atoms with Crippen LogP contribution < -0.4 is 15.1 Å². The number of phenolic OH excluding ortho intramolecular Hbond substituents is 1. The van der Waals surface area contributed by atoms with Gasteiger partial charge in [0.1, 0.15) is 11.5 Å². The maximum atomic E-state index is 15.4. The van der Waals surface area contributed by atoms with Crippen molar-refractivity contribution in [3.8, 4) is 11.5 Å². The third kappa shape index (κ3) is 7.26. The normalized spacial score (nSPS) is 24.1. The highest BCUT2D eigenvalue weighted by Crippen LogP contribution is 2.65. The monoisotopic (exact) mass is 934 g/mol. The number of ketones is 1. The van der Waals surface area contributed by atoms with Gasteiger partial charge in [0.25, 0.3) is 11.8 Å². The first-order valence-corrected chi connectivity index (χ1v) is 20.5. The first kappa shape index (κ1) is 43.5. The SMILES string of the molecule is O=C(c1ccccc1)c1ccc(N2C(=O)[C@H]3[C@H](CC=C4[C@H]3C[C@H]3C(=O)N(Nc5ncc(C(F)(F)F)cc5Cl)C(=O)[C@@]3(c3ccc(Cl)cc3)[C@H]4c3cc(OC(F)(F)F)ccc3O)C2=O)cc1. The van der Waals surface area contributed by atoms with Crippen molar-refractivity contribution in [3.63, 3.8) is 0 Å². The van der Waals surface area contributed by atoms with Gasteiger partial charge in [-0.3, -0.25) is 34.3 Å². The molecule has 65 heavy (non-hydrogen) atoms. The number of alkyl halides is 6. The molecule has 2 aliphatic carbocycles. The number of ether oxygens (including phenoxy) is 1. The smallest absolute Gasteiger partial charge is 0.508 e. The highest BCUT2D eigenvalue weighted by Gasteiger charge is 2.71. The first-order chi connectivity index (χ1) is 30.8. The van der Waals surface area contributed by atoms with E-state index in [9.17, 15) is 50.6 Å². The number of hydrogen-bond acceptors (Lipinski definition) is 9. The van der Waals surface area contributed by atoms with Gasteiger partial charge in [-0.15, -0.1) is 13.2 Å². The van der Waals surface area contributed by atoms with Crippen molar-refractivity contribution < 1.29 is 60.2 Å². The fraction of sp³-hybridized carbons (Fsp3) is 0.217. The molecule has 4 amide bonds. The van der Waals surface area contributed by atoms with Crippen molar-refractivity contribution in [1.29, 1.82) is 0 Å². The summed E-state index contributed by atoms with van der Waals surface area (Å²) in [6, 6.07) is 23.0. The number of nitrogens with one attached hydrogen (secondary N) is 1. The second-order valence-corrected chi connectivity index (χ2v) is 16.8. The van der Waals surface area contributed by atoms with Crippen LogP contribution in [-0.4, -0.2) is 50.9 Å². The highest BCUT2D eigenvalue weighted by molar-refractivity contribution is 6.33. The number of phenols is 1. The number of carbonyl (C=O) groups is 5. The minimum Gasteiger partial charge on any atom is -0.508 e. The molecule has 1 saturated carbocycles. The molecule has 5 aromatic rings. The molecule has 332 valence electrons. The number of hydrogen-bond donors (Lipinski definition) is 2. The predicted octanol–water partition coefficient (Wildman–Crippen LogP) is 9.43. The number of carbonyl (C=O) groups excluding carboxylic acids is 5. The van der Waals surface area contributed by atoms with Gasteiger partial charge in [-0.05, 0) is 85.0 Å². The molecule has 0 unspecified atom stereocenters. The molecule has 3 heterocycles. The quantitative estimate of drug-likeness (QED) is 0.0673. The van der Waals surface area contributed by atoms with E-state index in [4.69, 9.17) is 23.2 Å². The number of nitrogens with zero attached hydrogens (tertiary/aromatic N) is 3. The number of rotatable bonds is 8. The van der Waals surface area contributed by atoms with E-state index in [1.54, 1.807) is 36.4 Å². The van der Waals surface area contributed by atoms with Crippen LogP contribution in [0.4, 0.5) is 37.8 Å². The van der Waals surface area contributed by atoms with E-state index in [0.717, 1.165) is 23.1 Å². The molecule has 6 atom stereocenters. The lowest BCUT2D eigenvalue weighted by Gasteiger charge is -2.50. The molecule has 2 saturated heterocycles. The Kier molecular flexibility index (Phi) is 10.6. The largest absolute Gasteiger partial charge is 0.573 e. The summed E-state index contributed by atoms with van der Waals surface area (Å²) in [5.41, 5.74) is -0.111. The number of fused-ring (bicyclic) bond motifs is 4. The van der Waals surface area contributed by atoms with Gasteiger partial charge in [-0.25, -0.2) is 4.98 Å². The average molecular weight is 936 g/mol. The molecule has 4 aromatic carbocycles. The molecule has 1 aromatic heterocycles. The summed E-state index contributed by atoms with van der Waals surface area (Å²) < 4.78 is 86.1. The van der Waals surface area contributed by atoms with E-state index < -0.39 is 99.1 Å². The van der Waals surface area contributed by atoms with Gasteiger partial charge in [0.05, 0.1) is 39.4 Å². The molecule has 9 rings (SSSR count). The summed E-state index contributed by atoms with van der Waals surface area (Å²) in [6.45, 7) is 0. The van der Waals surface area contributed by atoms with E-state index in [1.807, 2.05) is 0 Å². The van der Waals surface area contributed by atoms with Crippen LogP contribution in [0.3, 0.4) is 0 Å². The molecule has 2 aliphatic heterocycles. The van der Waals surface area contributed by atoms with E-state index >= 15 is 4.79 Å².